The normalized spacial score (nSPS) is 10.0. The monoisotopic (exact) mass is 348 g/mol. The maximum absolute atomic E-state index is 12.1. The van der Waals surface area contributed by atoms with Crippen molar-refractivity contribution in [1.82, 2.24) is 5.48 Å². The van der Waals surface area contributed by atoms with Crippen LogP contribution in [0, 0.1) is 0 Å². The molecule has 5 nitrogen and oxygen atoms in total. The summed E-state index contributed by atoms with van der Waals surface area (Å²) in [6, 6.07) is 13.6. The maximum Gasteiger partial charge on any atom is 0.274 e. The summed E-state index contributed by atoms with van der Waals surface area (Å²) in [6.07, 6.45) is 0. The van der Waals surface area contributed by atoms with Gasteiger partial charge in [0.1, 0.15) is 0 Å². The van der Waals surface area contributed by atoms with E-state index in [0.717, 1.165) is 4.47 Å². The van der Waals surface area contributed by atoms with Crippen molar-refractivity contribution in [3.05, 3.63) is 64.1 Å². The third-order valence-corrected chi connectivity index (χ3v) is 3.16. The Labute approximate surface area is 130 Å². The molecular formula is C15H13BrN2O3. The number of anilines is 1. The van der Waals surface area contributed by atoms with Crippen molar-refractivity contribution in [3.8, 4) is 0 Å². The number of hydrogen-bond acceptors (Lipinski definition) is 3. The molecule has 0 unspecified atom stereocenters. The highest BCUT2D eigenvalue weighted by atomic mass is 79.9. The van der Waals surface area contributed by atoms with Gasteiger partial charge in [-0.1, -0.05) is 28.1 Å². The maximum atomic E-state index is 12.1. The van der Waals surface area contributed by atoms with E-state index in [1.807, 2.05) is 6.07 Å². The molecular weight excluding hydrogens is 336 g/mol. The van der Waals surface area contributed by atoms with Gasteiger partial charge in [0.05, 0.1) is 7.11 Å². The minimum atomic E-state index is -0.379. The Morgan fingerprint density at radius 1 is 1.00 bits per heavy atom. The number of halogens is 1. The number of hydroxylamine groups is 1. The molecule has 0 aliphatic rings. The standard InChI is InChI=1S/C15H13BrN2O3/c1-21-18-15(20)11-5-3-7-13(9-11)17-14(19)10-4-2-6-12(16)8-10/h2-9H,1H3,(H,17,19)(H,18,20). The Morgan fingerprint density at radius 3 is 2.33 bits per heavy atom. The first-order chi connectivity index (χ1) is 10.1. The largest absolute Gasteiger partial charge is 0.322 e. The van der Waals surface area contributed by atoms with Crippen LogP contribution < -0.4 is 10.8 Å². The molecule has 2 aromatic carbocycles. The lowest BCUT2D eigenvalue weighted by atomic mass is 10.1. The van der Waals surface area contributed by atoms with Gasteiger partial charge in [0.15, 0.2) is 0 Å². The highest BCUT2D eigenvalue weighted by Gasteiger charge is 2.09. The molecule has 0 saturated carbocycles. The Hall–Kier alpha value is -2.18. The minimum Gasteiger partial charge on any atom is -0.322 e. The Kier molecular flexibility index (Phi) is 5.08. The first kappa shape index (κ1) is 15.2. The van der Waals surface area contributed by atoms with Crippen molar-refractivity contribution in [2.75, 3.05) is 12.4 Å². The molecule has 2 aromatic rings. The molecule has 0 bridgehead atoms. The van der Waals surface area contributed by atoms with Gasteiger partial charge in [0.2, 0.25) is 0 Å². The van der Waals surface area contributed by atoms with Gasteiger partial charge in [-0.15, -0.1) is 0 Å². The zero-order valence-electron chi connectivity index (χ0n) is 11.2. The van der Waals surface area contributed by atoms with Gasteiger partial charge >= 0.3 is 0 Å². The van der Waals surface area contributed by atoms with E-state index >= 15 is 0 Å². The second-order valence-corrected chi connectivity index (χ2v) is 5.10. The topological polar surface area (TPSA) is 67.4 Å². The van der Waals surface area contributed by atoms with Crippen LogP contribution in [0.4, 0.5) is 5.69 Å². The SMILES string of the molecule is CONC(=O)c1cccc(NC(=O)c2cccc(Br)c2)c1. The second-order valence-electron chi connectivity index (χ2n) is 4.18. The van der Waals surface area contributed by atoms with Gasteiger partial charge < -0.3 is 5.32 Å². The highest BCUT2D eigenvalue weighted by molar-refractivity contribution is 9.10. The van der Waals surface area contributed by atoms with E-state index in [9.17, 15) is 9.59 Å². The molecule has 21 heavy (non-hydrogen) atoms. The smallest absolute Gasteiger partial charge is 0.274 e. The summed E-state index contributed by atoms with van der Waals surface area (Å²) in [4.78, 5) is 28.3. The van der Waals surface area contributed by atoms with Crippen molar-refractivity contribution < 1.29 is 14.4 Å². The Morgan fingerprint density at radius 2 is 1.67 bits per heavy atom. The summed E-state index contributed by atoms with van der Waals surface area (Å²) in [7, 11) is 1.36. The van der Waals surface area contributed by atoms with E-state index in [1.165, 1.54) is 7.11 Å². The zero-order chi connectivity index (χ0) is 15.2. The van der Waals surface area contributed by atoms with Gasteiger partial charge in [0.25, 0.3) is 11.8 Å². The fraction of sp³-hybridized carbons (Fsp3) is 0.0667. The van der Waals surface area contributed by atoms with E-state index in [2.05, 4.69) is 31.6 Å². The lowest BCUT2D eigenvalue weighted by Crippen LogP contribution is -2.22. The summed E-state index contributed by atoms with van der Waals surface area (Å²) in [5.41, 5.74) is 3.67. The van der Waals surface area contributed by atoms with Gasteiger partial charge in [-0.05, 0) is 36.4 Å². The number of benzene rings is 2. The Balaban J connectivity index is 2.14. The average molecular weight is 349 g/mol. The van der Waals surface area contributed by atoms with Gasteiger partial charge in [-0.25, -0.2) is 5.48 Å². The first-order valence-corrected chi connectivity index (χ1v) is 6.90. The molecule has 2 amide bonds. The number of rotatable bonds is 4. The minimum absolute atomic E-state index is 0.249. The molecule has 0 heterocycles. The van der Waals surface area contributed by atoms with Crippen molar-refractivity contribution in [3.63, 3.8) is 0 Å². The molecule has 0 aliphatic carbocycles. The lowest BCUT2D eigenvalue weighted by Gasteiger charge is -2.07. The number of amides is 2. The molecule has 0 spiro atoms. The van der Waals surface area contributed by atoms with E-state index < -0.39 is 0 Å². The van der Waals surface area contributed by atoms with Crippen molar-refractivity contribution in [2.24, 2.45) is 0 Å². The quantitative estimate of drug-likeness (QED) is 0.834. The molecule has 6 heteroatoms. The number of carbonyl (C=O) groups excluding carboxylic acids is 2. The van der Waals surface area contributed by atoms with E-state index in [4.69, 9.17) is 0 Å². The van der Waals surface area contributed by atoms with Crippen molar-refractivity contribution in [2.45, 2.75) is 0 Å². The third-order valence-electron chi connectivity index (χ3n) is 2.66. The van der Waals surface area contributed by atoms with Gasteiger partial charge in [0, 0.05) is 21.3 Å². The van der Waals surface area contributed by atoms with Crippen molar-refractivity contribution in [1.29, 1.82) is 0 Å². The highest BCUT2D eigenvalue weighted by Crippen LogP contribution is 2.15. The Bertz CT molecular complexity index is 673. The van der Waals surface area contributed by atoms with Crippen LogP contribution in [0.15, 0.2) is 53.0 Å². The van der Waals surface area contributed by atoms with Crippen LogP contribution in [0.2, 0.25) is 0 Å². The third kappa shape index (κ3) is 4.14. The van der Waals surface area contributed by atoms with Crippen LogP contribution in [0.1, 0.15) is 20.7 Å². The molecule has 0 radical (unpaired) electrons. The predicted octanol–water partition coefficient (Wildman–Crippen LogP) is 2.99. The van der Waals surface area contributed by atoms with Crippen LogP contribution >= 0.6 is 15.9 Å². The fourth-order valence-corrected chi connectivity index (χ4v) is 2.12. The van der Waals surface area contributed by atoms with E-state index in [0.29, 0.717) is 16.8 Å². The van der Waals surface area contributed by atoms with Crippen molar-refractivity contribution >= 4 is 33.4 Å². The fourth-order valence-electron chi connectivity index (χ4n) is 1.72. The van der Waals surface area contributed by atoms with Crippen LogP contribution in [0.5, 0.6) is 0 Å². The molecule has 0 fully saturated rings. The van der Waals surface area contributed by atoms with Crippen LogP contribution in [-0.4, -0.2) is 18.9 Å². The lowest BCUT2D eigenvalue weighted by molar-refractivity contribution is 0.0537. The number of carbonyl (C=O) groups is 2. The van der Waals surface area contributed by atoms with Crippen LogP contribution in [0.25, 0.3) is 0 Å². The zero-order valence-corrected chi connectivity index (χ0v) is 12.8. The molecule has 0 aliphatic heterocycles. The number of hydrogen-bond donors (Lipinski definition) is 2. The molecule has 0 aromatic heterocycles. The summed E-state index contributed by atoms with van der Waals surface area (Å²) < 4.78 is 0.823. The van der Waals surface area contributed by atoms with E-state index in [1.54, 1.807) is 42.5 Å². The molecule has 2 N–H and O–H groups in total. The molecule has 0 atom stereocenters. The predicted molar refractivity (Wildman–Crippen MR) is 83.0 cm³/mol. The molecule has 0 saturated heterocycles. The van der Waals surface area contributed by atoms with Gasteiger partial charge in [-0.2, -0.15) is 0 Å². The van der Waals surface area contributed by atoms with Gasteiger partial charge in [-0.3, -0.25) is 14.4 Å². The van der Waals surface area contributed by atoms with Crippen LogP contribution in [0.3, 0.4) is 0 Å². The molecule has 2 rings (SSSR count). The second kappa shape index (κ2) is 7.01. The number of nitrogens with one attached hydrogen (secondary N) is 2. The summed E-state index contributed by atoms with van der Waals surface area (Å²) in [6.45, 7) is 0. The molecule has 108 valence electrons. The average Bonchev–Trinajstić information content (AvgIpc) is 2.48. The first-order valence-electron chi connectivity index (χ1n) is 6.10. The van der Waals surface area contributed by atoms with Crippen LogP contribution in [-0.2, 0) is 4.84 Å². The summed E-state index contributed by atoms with van der Waals surface area (Å²) in [5.74, 6) is -0.628. The van der Waals surface area contributed by atoms with E-state index in [-0.39, 0.29) is 11.8 Å². The summed E-state index contributed by atoms with van der Waals surface area (Å²) >= 11 is 3.32. The summed E-state index contributed by atoms with van der Waals surface area (Å²) in [5, 5.41) is 2.74.